The third-order valence-corrected chi connectivity index (χ3v) is 5.01. The molecule has 1 aliphatic carbocycles. The van der Waals surface area contributed by atoms with Gasteiger partial charge in [-0.05, 0) is 44.2 Å². The van der Waals surface area contributed by atoms with E-state index in [1.807, 2.05) is 37.3 Å². The molecular formula is C20H23FN2O2. The van der Waals surface area contributed by atoms with Crippen molar-refractivity contribution < 1.29 is 13.9 Å². The summed E-state index contributed by atoms with van der Waals surface area (Å²) in [7, 11) is 0. The zero-order valence-corrected chi connectivity index (χ0v) is 14.5. The first-order valence-electron chi connectivity index (χ1n) is 8.70. The summed E-state index contributed by atoms with van der Waals surface area (Å²) in [6.45, 7) is 5.72. The van der Waals surface area contributed by atoms with Crippen LogP contribution in [0.4, 0.5) is 4.39 Å². The molecule has 0 bridgehead atoms. The lowest BCUT2D eigenvalue weighted by molar-refractivity contribution is -0.0129. The maximum Gasteiger partial charge on any atom is 0.360 e. The maximum absolute atomic E-state index is 14.3. The van der Waals surface area contributed by atoms with Gasteiger partial charge in [-0.25, -0.2) is 9.78 Å². The third-order valence-electron chi connectivity index (χ3n) is 5.01. The number of nitrogens with zero attached hydrogens (tertiary/aromatic N) is 2. The van der Waals surface area contributed by atoms with Crippen molar-refractivity contribution in [1.29, 1.82) is 0 Å². The molecule has 1 heterocycles. The van der Waals surface area contributed by atoms with Crippen LogP contribution in [0.25, 0.3) is 0 Å². The minimum atomic E-state index is -0.803. The van der Waals surface area contributed by atoms with Crippen molar-refractivity contribution in [3.8, 4) is 0 Å². The van der Waals surface area contributed by atoms with Gasteiger partial charge in [0, 0.05) is 0 Å². The number of carbonyl (C=O) groups is 1. The fraction of sp³-hybridized carbons (Fsp3) is 0.400. The molecular weight excluding hydrogens is 319 g/mol. The molecule has 1 fully saturated rings. The number of carbonyl (C=O) groups excluding carboxylic acids is 1. The van der Waals surface area contributed by atoms with Gasteiger partial charge in [0.25, 0.3) is 0 Å². The number of ether oxygens (including phenoxy) is 1. The van der Waals surface area contributed by atoms with Crippen molar-refractivity contribution in [2.75, 3.05) is 0 Å². The molecule has 0 amide bonds. The van der Waals surface area contributed by atoms with Gasteiger partial charge in [-0.3, -0.25) is 0 Å². The molecule has 1 saturated carbocycles. The molecule has 4 nitrogen and oxygen atoms in total. The summed E-state index contributed by atoms with van der Waals surface area (Å²) >= 11 is 0. The van der Waals surface area contributed by atoms with E-state index in [1.165, 1.54) is 10.9 Å². The van der Waals surface area contributed by atoms with Crippen LogP contribution < -0.4 is 0 Å². The number of hydrogen-bond donors (Lipinski definition) is 0. The van der Waals surface area contributed by atoms with E-state index in [0.29, 0.717) is 0 Å². The Hall–Kier alpha value is -2.43. The minimum Gasteiger partial charge on any atom is -0.450 e. The van der Waals surface area contributed by atoms with Crippen molar-refractivity contribution in [3.63, 3.8) is 0 Å². The first-order valence-corrected chi connectivity index (χ1v) is 8.70. The van der Waals surface area contributed by atoms with Crippen LogP contribution in [0.1, 0.15) is 61.1 Å². The van der Waals surface area contributed by atoms with Crippen molar-refractivity contribution >= 4 is 5.97 Å². The van der Waals surface area contributed by atoms with Gasteiger partial charge < -0.3 is 9.30 Å². The normalized spacial score (nSPS) is 17.7. The van der Waals surface area contributed by atoms with Gasteiger partial charge in [-0.15, -0.1) is 0 Å². The van der Waals surface area contributed by atoms with Crippen LogP contribution in [0.2, 0.25) is 0 Å². The van der Waals surface area contributed by atoms with Crippen LogP contribution in [-0.2, 0) is 4.74 Å². The van der Waals surface area contributed by atoms with E-state index < -0.39 is 17.5 Å². The molecule has 0 unspecified atom stereocenters. The number of esters is 1. The van der Waals surface area contributed by atoms with Gasteiger partial charge in [-0.1, -0.05) is 43.3 Å². The molecule has 132 valence electrons. The average molecular weight is 342 g/mol. The Bertz CT molecular complexity index is 748. The second-order valence-electron chi connectivity index (χ2n) is 6.60. The Kier molecular flexibility index (Phi) is 5.02. The lowest BCUT2D eigenvalue weighted by Gasteiger charge is -2.34. The molecule has 3 rings (SSSR count). The first kappa shape index (κ1) is 17.4. The number of benzene rings is 1. The van der Waals surface area contributed by atoms with E-state index in [-0.39, 0.29) is 11.7 Å². The highest BCUT2D eigenvalue weighted by molar-refractivity contribution is 5.88. The Morgan fingerprint density at radius 2 is 2.00 bits per heavy atom. The summed E-state index contributed by atoms with van der Waals surface area (Å²) in [5.74, 6) is -1.48. The Morgan fingerprint density at radius 3 is 2.64 bits per heavy atom. The van der Waals surface area contributed by atoms with Crippen molar-refractivity contribution in [3.05, 3.63) is 66.5 Å². The molecule has 1 aromatic carbocycles. The molecule has 0 radical (unpaired) electrons. The van der Waals surface area contributed by atoms with Gasteiger partial charge in [0.2, 0.25) is 5.95 Å². The lowest BCUT2D eigenvalue weighted by atomic mass is 9.85. The van der Waals surface area contributed by atoms with E-state index >= 15 is 0 Å². The highest BCUT2D eigenvalue weighted by Crippen LogP contribution is 2.34. The zero-order chi connectivity index (χ0) is 17.9. The van der Waals surface area contributed by atoms with Gasteiger partial charge in [0.15, 0.2) is 5.69 Å². The van der Waals surface area contributed by atoms with Crippen LogP contribution in [0.3, 0.4) is 0 Å². The first-order chi connectivity index (χ1) is 12.1. The van der Waals surface area contributed by atoms with E-state index in [4.69, 9.17) is 4.74 Å². The second kappa shape index (κ2) is 7.21. The van der Waals surface area contributed by atoms with Gasteiger partial charge in [0.05, 0.1) is 12.4 Å². The number of halogens is 1. The lowest BCUT2D eigenvalue weighted by Crippen LogP contribution is -2.36. The van der Waals surface area contributed by atoms with Crippen LogP contribution in [0.5, 0.6) is 0 Å². The molecule has 1 aromatic heterocycles. The molecule has 0 saturated heterocycles. The topological polar surface area (TPSA) is 44.1 Å². The highest BCUT2D eigenvalue weighted by atomic mass is 19.1. The zero-order valence-electron chi connectivity index (χ0n) is 14.5. The molecule has 0 spiro atoms. The SMILES string of the molecule is C=CC1(OC(=O)c2c(F)ncn2[C@H](C)c2ccccc2)CCCCC1. The molecule has 1 aliphatic rings. The van der Waals surface area contributed by atoms with E-state index in [9.17, 15) is 9.18 Å². The third kappa shape index (κ3) is 3.50. The quantitative estimate of drug-likeness (QED) is 0.585. The summed E-state index contributed by atoms with van der Waals surface area (Å²) in [6.07, 6.45) is 7.56. The summed E-state index contributed by atoms with van der Waals surface area (Å²) < 4.78 is 21.5. The number of aromatic nitrogens is 2. The number of hydrogen-bond acceptors (Lipinski definition) is 3. The van der Waals surface area contributed by atoms with Crippen LogP contribution in [-0.4, -0.2) is 21.1 Å². The van der Waals surface area contributed by atoms with E-state index in [1.54, 1.807) is 6.08 Å². The monoisotopic (exact) mass is 342 g/mol. The predicted octanol–water partition coefficient (Wildman–Crippen LogP) is 4.68. The van der Waals surface area contributed by atoms with Crippen molar-refractivity contribution in [1.82, 2.24) is 9.55 Å². The van der Waals surface area contributed by atoms with Crippen LogP contribution in [0, 0.1) is 5.95 Å². The molecule has 5 heteroatoms. The second-order valence-corrected chi connectivity index (χ2v) is 6.60. The molecule has 1 atom stereocenters. The molecule has 0 aliphatic heterocycles. The Morgan fingerprint density at radius 1 is 1.32 bits per heavy atom. The van der Waals surface area contributed by atoms with E-state index in [2.05, 4.69) is 11.6 Å². The Labute approximate surface area is 147 Å². The minimum absolute atomic E-state index is 0.136. The molecule has 2 aromatic rings. The highest BCUT2D eigenvalue weighted by Gasteiger charge is 2.35. The van der Waals surface area contributed by atoms with Crippen molar-refractivity contribution in [2.45, 2.75) is 50.7 Å². The summed E-state index contributed by atoms with van der Waals surface area (Å²) in [5.41, 5.74) is 0.126. The Balaban J connectivity index is 1.88. The van der Waals surface area contributed by atoms with Gasteiger partial charge >= 0.3 is 5.97 Å². The fourth-order valence-corrected chi connectivity index (χ4v) is 3.44. The standard InChI is InChI=1S/C20H23FN2O2/c1-3-20(12-8-5-9-13-20)25-19(24)17-18(21)22-14-23(17)15(2)16-10-6-4-7-11-16/h3-4,6-7,10-11,14-15H,1,5,8-9,12-13H2,2H3/t15-/m1/s1. The maximum atomic E-state index is 14.3. The summed E-state index contributed by atoms with van der Waals surface area (Å²) in [6, 6.07) is 9.37. The fourth-order valence-electron chi connectivity index (χ4n) is 3.44. The van der Waals surface area contributed by atoms with Crippen LogP contribution in [0.15, 0.2) is 49.3 Å². The van der Waals surface area contributed by atoms with Crippen molar-refractivity contribution in [2.24, 2.45) is 0 Å². The predicted molar refractivity (Wildman–Crippen MR) is 93.9 cm³/mol. The molecule has 25 heavy (non-hydrogen) atoms. The van der Waals surface area contributed by atoms with E-state index in [0.717, 1.165) is 37.7 Å². The largest absolute Gasteiger partial charge is 0.450 e. The molecule has 0 N–H and O–H groups in total. The summed E-state index contributed by atoms with van der Waals surface area (Å²) in [4.78, 5) is 16.4. The smallest absolute Gasteiger partial charge is 0.360 e. The number of imidazole rings is 1. The average Bonchev–Trinajstić information content (AvgIpc) is 3.04. The van der Waals surface area contributed by atoms with Gasteiger partial charge in [0.1, 0.15) is 5.60 Å². The van der Waals surface area contributed by atoms with Gasteiger partial charge in [-0.2, -0.15) is 4.39 Å². The van der Waals surface area contributed by atoms with Crippen LogP contribution >= 0.6 is 0 Å². The summed E-state index contributed by atoms with van der Waals surface area (Å²) in [5, 5.41) is 0. The number of rotatable bonds is 5.